The van der Waals surface area contributed by atoms with E-state index in [0.717, 1.165) is 38.7 Å². The third-order valence-corrected chi connectivity index (χ3v) is 5.29. The van der Waals surface area contributed by atoms with E-state index in [-0.39, 0.29) is 0 Å². The van der Waals surface area contributed by atoms with Crippen molar-refractivity contribution in [1.82, 2.24) is 19.7 Å². The number of pyridine rings is 1. The number of aromatic nitrogens is 3. The highest BCUT2D eigenvalue weighted by Crippen LogP contribution is 2.33. The molecule has 1 aliphatic heterocycles. The van der Waals surface area contributed by atoms with Gasteiger partial charge in [0.05, 0.1) is 12.3 Å². The minimum absolute atomic E-state index is 0.411. The molecule has 1 unspecified atom stereocenters. The summed E-state index contributed by atoms with van der Waals surface area (Å²) in [4.78, 5) is 24.5. The first-order valence-corrected chi connectivity index (χ1v) is 11.0. The topological polar surface area (TPSA) is 118 Å². The Balaban J connectivity index is 0.000000286. The Labute approximate surface area is 207 Å². The van der Waals surface area contributed by atoms with Crippen molar-refractivity contribution in [3.05, 3.63) is 47.5 Å². The van der Waals surface area contributed by atoms with Crippen LogP contribution in [0.5, 0.6) is 0 Å². The van der Waals surface area contributed by atoms with E-state index in [9.17, 15) is 26.3 Å². The van der Waals surface area contributed by atoms with Crippen molar-refractivity contribution in [2.24, 2.45) is 5.92 Å². The Morgan fingerprint density at radius 3 is 2.16 bits per heavy atom. The molecule has 1 fully saturated rings. The third-order valence-electron chi connectivity index (χ3n) is 5.29. The van der Waals surface area contributed by atoms with E-state index in [2.05, 4.69) is 26.8 Å². The quantitative estimate of drug-likeness (QED) is 0.533. The molecule has 0 amide bonds. The van der Waals surface area contributed by atoms with Crippen molar-refractivity contribution in [2.75, 3.05) is 20.3 Å². The Kier molecular flexibility index (Phi) is 10.4. The molecule has 37 heavy (non-hydrogen) atoms. The maximum Gasteiger partial charge on any atom is 0.490 e. The molecule has 1 atom stereocenters. The SMILES string of the molecule is COCC1CN(Cc2cccnc2)Cc2nn(CC3CC3)cc21.O=C(O)C(F)(F)F.O=C(O)C(F)(F)F. The number of carboxylic acids is 2. The molecule has 2 N–H and O–H groups in total. The van der Waals surface area contributed by atoms with Crippen LogP contribution in [0.25, 0.3) is 0 Å². The van der Waals surface area contributed by atoms with Crippen molar-refractivity contribution in [3.63, 3.8) is 0 Å². The Hall–Kier alpha value is -3.20. The van der Waals surface area contributed by atoms with Crippen LogP contribution in [0, 0.1) is 5.92 Å². The number of rotatable bonds is 6. The number of hydrogen-bond donors (Lipinski definition) is 2. The second-order valence-electron chi connectivity index (χ2n) is 8.49. The zero-order valence-corrected chi connectivity index (χ0v) is 19.7. The number of aliphatic carboxylic acids is 2. The molecule has 1 aliphatic carbocycles. The molecule has 206 valence electrons. The lowest BCUT2D eigenvalue weighted by molar-refractivity contribution is -0.193. The van der Waals surface area contributed by atoms with E-state index >= 15 is 0 Å². The average molecular weight is 540 g/mol. The molecule has 0 saturated heterocycles. The molecule has 15 heteroatoms. The van der Waals surface area contributed by atoms with Gasteiger partial charge in [-0.1, -0.05) is 6.07 Å². The summed E-state index contributed by atoms with van der Waals surface area (Å²) in [6, 6.07) is 4.14. The normalized spacial score (nSPS) is 17.5. The van der Waals surface area contributed by atoms with Gasteiger partial charge in [0.15, 0.2) is 0 Å². The van der Waals surface area contributed by atoms with Crippen molar-refractivity contribution in [3.8, 4) is 0 Å². The van der Waals surface area contributed by atoms with E-state index in [1.54, 1.807) is 7.11 Å². The number of ether oxygens (including phenoxy) is 1. The first-order valence-electron chi connectivity index (χ1n) is 11.0. The maximum atomic E-state index is 10.6. The van der Waals surface area contributed by atoms with Gasteiger partial charge in [-0.15, -0.1) is 0 Å². The molecule has 0 radical (unpaired) electrons. The summed E-state index contributed by atoms with van der Waals surface area (Å²) in [5.74, 6) is -4.25. The Morgan fingerprint density at radius 1 is 1.11 bits per heavy atom. The molecule has 0 bridgehead atoms. The summed E-state index contributed by atoms with van der Waals surface area (Å²) in [5, 5.41) is 19.1. The lowest BCUT2D eigenvalue weighted by atomic mass is 9.95. The molecule has 0 aromatic carbocycles. The lowest BCUT2D eigenvalue weighted by Gasteiger charge is -2.31. The number of carboxylic acid groups (broad SMARTS) is 2. The summed E-state index contributed by atoms with van der Waals surface area (Å²) in [6.45, 7) is 4.69. The first-order chi connectivity index (χ1) is 17.2. The van der Waals surface area contributed by atoms with Crippen LogP contribution in [0.3, 0.4) is 0 Å². The van der Waals surface area contributed by atoms with Crippen molar-refractivity contribution in [1.29, 1.82) is 0 Å². The van der Waals surface area contributed by atoms with Gasteiger partial charge in [0.25, 0.3) is 0 Å². The average Bonchev–Trinajstić information content (AvgIpc) is 3.51. The largest absolute Gasteiger partial charge is 0.490 e. The second-order valence-corrected chi connectivity index (χ2v) is 8.49. The fourth-order valence-electron chi connectivity index (χ4n) is 3.50. The number of halogens is 6. The number of carbonyl (C=O) groups is 2. The van der Waals surface area contributed by atoms with Gasteiger partial charge in [-0.25, -0.2) is 9.59 Å². The van der Waals surface area contributed by atoms with E-state index < -0.39 is 24.3 Å². The van der Waals surface area contributed by atoms with Crippen LogP contribution < -0.4 is 0 Å². The molecule has 4 rings (SSSR count). The second kappa shape index (κ2) is 12.9. The highest BCUT2D eigenvalue weighted by molar-refractivity contribution is 5.73. The molecule has 1 saturated carbocycles. The molecular weight excluding hydrogens is 514 g/mol. The first kappa shape index (κ1) is 30.0. The summed E-state index contributed by atoms with van der Waals surface area (Å²) >= 11 is 0. The van der Waals surface area contributed by atoms with Crippen LogP contribution in [-0.2, 0) is 34.0 Å². The van der Waals surface area contributed by atoms with Crippen LogP contribution in [0.4, 0.5) is 26.3 Å². The van der Waals surface area contributed by atoms with Gasteiger partial charge < -0.3 is 14.9 Å². The smallest absolute Gasteiger partial charge is 0.475 e. The van der Waals surface area contributed by atoms with Gasteiger partial charge >= 0.3 is 24.3 Å². The lowest BCUT2D eigenvalue weighted by Crippen LogP contribution is -2.34. The summed E-state index contributed by atoms with van der Waals surface area (Å²) in [5.41, 5.74) is 3.86. The van der Waals surface area contributed by atoms with Crippen molar-refractivity contribution in [2.45, 2.75) is 50.7 Å². The summed E-state index contributed by atoms with van der Waals surface area (Å²) < 4.78 is 71.1. The minimum atomic E-state index is -5.08. The predicted octanol–water partition coefficient (Wildman–Crippen LogP) is 3.70. The molecule has 3 heterocycles. The Morgan fingerprint density at radius 2 is 1.70 bits per heavy atom. The van der Waals surface area contributed by atoms with E-state index in [1.807, 2.05) is 18.5 Å². The van der Waals surface area contributed by atoms with Crippen molar-refractivity contribution < 1.29 is 50.9 Å². The van der Waals surface area contributed by atoms with Crippen LogP contribution >= 0.6 is 0 Å². The van der Waals surface area contributed by atoms with E-state index in [0.29, 0.717) is 5.92 Å². The molecule has 2 aromatic rings. The van der Waals surface area contributed by atoms with Crippen LogP contribution in [0.15, 0.2) is 30.7 Å². The van der Waals surface area contributed by atoms with Gasteiger partial charge in [0, 0.05) is 63.4 Å². The predicted molar refractivity (Wildman–Crippen MR) is 115 cm³/mol. The minimum Gasteiger partial charge on any atom is -0.475 e. The molecule has 2 aromatic heterocycles. The molecule has 0 spiro atoms. The third kappa shape index (κ3) is 10.4. The monoisotopic (exact) mass is 540 g/mol. The highest BCUT2D eigenvalue weighted by atomic mass is 19.4. The number of nitrogens with zero attached hydrogens (tertiary/aromatic N) is 4. The molecule has 2 aliphatic rings. The van der Waals surface area contributed by atoms with E-state index in [1.165, 1.54) is 29.7 Å². The number of fused-ring (bicyclic) bond motifs is 1. The summed E-state index contributed by atoms with van der Waals surface area (Å²) in [7, 11) is 1.79. The summed E-state index contributed by atoms with van der Waals surface area (Å²) in [6.07, 6.45) is -1.41. The molecular formula is C22H26F6N4O5. The van der Waals surface area contributed by atoms with Crippen LogP contribution in [-0.4, -0.2) is 74.4 Å². The maximum absolute atomic E-state index is 10.6. The van der Waals surface area contributed by atoms with Gasteiger partial charge in [-0.2, -0.15) is 31.4 Å². The fourth-order valence-corrected chi connectivity index (χ4v) is 3.50. The number of alkyl halides is 6. The zero-order chi connectivity index (χ0) is 27.8. The Bertz CT molecular complexity index is 1000. The van der Waals surface area contributed by atoms with Gasteiger partial charge in [0.2, 0.25) is 0 Å². The van der Waals surface area contributed by atoms with Crippen LogP contribution in [0.2, 0.25) is 0 Å². The van der Waals surface area contributed by atoms with E-state index in [4.69, 9.17) is 29.6 Å². The fraction of sp³-hybridized carbons (Fsp3) is 0.545. The number of hydrogen-bond acceptors (Lipinski definition) is 6. The number of methoxy groups -OCH3 is 1. The highest BCUT2D eigenvalue weighted by Gasteiger charge is 2.39. The van der Waals surface area contributed by atoms with Gasteiger partial charge in [0.1, 0.15) is 0 Å². The van der Waals surface area contributed by atoms with Crippen LogP contribution in [0.1, 0.15) is 35.6 Å². The zero-order valence-electron chi connectivity index (χ0n) is 19.7. The molecule has 9 nitrogen and oxygen atoms in total. The van der Waals surface area contributed by atoms with Crippen molar-refractivity contribution >= 4 is 11.9 Å². The van der Waals surface area contributed by atoms with Gasteiger partial charge in [-0.3, -0.25) is 14.6 Å². The standard InChI is InChI=1S/C18H24N4O.2C2HF3O2/c1-23-13-16-10-21(8-15-3-2-6-19-7-15)12-18-17(16)11-22(20-18)9-14-4-5-14;2*3-2(4,5)1(6)7/h2-3,6-7,11,14,16H,4-5,8-10,12-13H2,1H3;2*(H,6,7). The van der Waals surface area contributed by atoms with Gasteiger partial charge in [-0.05, 0) is 30.4 Å².